The standard InChI is InChI=1S/C32H31B2O3.C31H45B2O2.C18H28B2O4.C5H12O2.C2H6O2/c1-21-8-10-22(11-9-21)32(23-12-15-25(36-4)16-13-23)27-6-5-7-29(34-37-20-31(2,3)19-35)30(27)26-17-14-24(33)18-28(26)32;1-3-5-7-9-11-13-19-31(20-14-12-10-8-6-4-2)29-23-25(32)15-17-27(29)28-18-16-26(24-30(28)31)33-35-22-21-34;1-15(2)16(3,4)22-19(21-15)13-10-9-11-14(12-13)20-23-17(5,6)18(7,8)24-20;1-5(2,3-6)4-7;3-1-2-4/h5-18,35H,19-20H2,1-4H3;15-18,23-24,34H,3-14,19-22H2,1-2H3;9-12H,1-8H3;6-7H,3-4H2,1-2H3;3-4H,1-2H2. The second-order valence-corrected chi connectivity index (χ2v) is 32.9. The summed E-state index contributed by atoms with van der Waals surface area (Å²) in [4.78, 5) is 0. The Morgan fingerprint density at radius 1 is 0.449 bits per heavy atom. The average molecular weight is 1450 g/mol. The zero-order valence-electron chi connectivity index (χ0n) is 67.4. The number of unbranched alkanes of at least 4 members (excludes halogenated alkanes) is 10. The first-order chi connectivity index (χ1) is 50.8. The second-order valence-electron chi connectivity index (χ2n) is 32.9. The Kier molecular flexibility index (Phi) is 33.0. The Hall–Kier alpha value is -5.75. The molecule has 1 unspecified atom stereocenters. The lowest BCUT2D eigenvalue weighted by molar-refractivity contribution is 0.00578. The van der Waals surface area contributed by atoms with E-state index in [0.717, 1.165) is 60.8 Å². The van der Waals surface area contributed by atoms with Crippen LogP contribution in [0.3, 0.4) is 0 Å². The van der Waals surface area contributed by atoms with Gasteiger partial charge in [0.15, 0.2) is 0 Å². The lowest BCUT2D eigenvalue weighted by Crippen LogP contribution is -2.41. The van der Waals surface area contributed by atoms with Gasteiger partial charge in [-0.3, -0.25) is 0 Å². The number of hydrogen-bond acceptors (Lipinski definition) is 13. The Balaban J connectivity index is 0.000000212. The number of aliphatic hydroxyl groups is 6. The molecule has 0 spiro atoms. The Morgan fingerprint density at radius 2 is 0.897 bits per heavy atom. The van der Waals surface area contributed by atoms with Crippen molar-refractivity contribution >= 4 is 77.7 Å². The van der Waals surface area contributed by atoms with Crippen LogP contribution in [0.15, 0.2) is 146 Å². The molecule has 6 N–H and O–H groups in total. The maximum atomic E-state index is 9.67. The fourth-order valence-corrected chi connectivity index (χ4v) is 14.1. The summed E-state index contributed by atoms with van der Waals surface area (Å²) in [5.74, 6) is 0.816. The maximum Gasteiger partial charge on any atom is 0.494 e. The molecule has 2 aliphatic carbocycles. The molecule has 2 aliphatic heterocycles. The van der Waals surface area contributed by atoms with Crippen LogP contribution in [0.5, 0.6) is 5.75 Å². The number of aryl methyl sites for hydroxylation is 1. The maximum absolute atomic E-state index is 9.67. The summed E-state index contributed by atoms with van der Waals surface area (Å²) in [7, 11) is 17.3. The molecule has 7 aromatic rings. The van der Waals surface area contributed by atoms with Crippen molar-refractivity contribution in [1.29, 1.82) is 0 Å². The van der Waals surface area contributed by atoms with E-state index in [1.807, 2.05) is 57.7 Å². The van der Waals surface area contributed by atoms with E-state index in [1.165, 1.54) is 129 Å². The number of aliphatic hydroxyl groups excluding tert-OH is 6. The summed E-state index contributed by atoms with van der Waals surface area (Å²) in [6.45, 7) is 31.4. The summed E-state index contributed by atoms with van der Waals surface area (Å²) in [5, 5.41) is 50.9. The molecule has 4 aliphatic rings. The van der Waals surface area contributed by atoms with Crippen molar-refractivity contribution in [2.45, 2.75) is 227 Å². The van der Waals surface area contributed by atoms with Crippen molar-refractivity contribution in [3.05, 3.63) is 185 Å². The van der Waals surface area contributed by atoms with Gasteiger partial charge in [0.2, 0.25) is 0 Å². The molecule has 570 valence electrons. The normalized spacial score (nSPS) is 17.1. The van der Waals surface area contributed by atoms with Crippen molar-refractivity contribution in [2.75, 3.05) is 60.0 Å². The van der Waals surface area contributed by atoms with Gasteiger partial charge in [0.05, 0.1) is 81.2 Å². The Labute approximate surface area is 647 Å². The quantitative estimate of drug-likeness (QED) is 0.0178. The van der Waals surface area contributed by atoms with E-state index in [9.17, 15) is 5.11 Å². The number of ether oxygens (including phenoxy) is 1. The van der Waals surface area contributed by atoms with Gasteiger partial charge in [-0.1, -0.05) is 274 Å². The molecule has 2 saturated heterocycles. The van der Waals surface area contributed by atoms with Crippen molar-refractivity contribution in [2.24, 2.45) is 10.8 Å². The van der Waals surface area contributed by atoms with Gasteiger partial charge in [-0.25, -0.2) is 0 Å². The minimum absolute atomic E-state index is 0.0242. The first-order valence-electron chi connectivity index (χ1n) is 39.0. The molecule has 0 amide bonds. The minimum atomic E-state index is -0.561. The summed E-state index contributed by atoms with van der Waals surface area (Å²) in [6, 6.07) is 51.1. The number of methoxy groups -OCH3 is 1. The molecular formula is C88H122B6O13. The van der Waals surface area contributed by atoms with E-state index >= 15 is 0 Å². The molecule has 0 aromatic heterocycles. The Morgan fingerprint density at radius 3 is 1.36 bits per heavy atom. The van der Waals surface area contributed by atoms with Crippen LogP contribution in [0.25, 0.3) is 22.3 Å². The van der Waals surface area contributed by atoms with Gasteiger partial charge < -0.3 is 63.3 Å². The van der Waals surface area contributed by atoms with Crippen molar-refractivity contribution in [3.8, 4) is 28.0 Å². The van der Waals surface area contributed by atoms with E-state index < -0.39 is 5.41 Å². The molecule has 2 fully saturated rings. The lowest BCUT2D eigenvalue weighted by Gasteiger charge is -2.34. The van der Waals surface area contributed by atoms with Crippen molar-refractivity contribution < 1.29 is 63.3 Å². The second kappa shape index (κ2) is 39.9. The third-order valence-corrected chi connectivity index (χ3v) is 22.0. The summed E-state index contributed by atoms with van der Waals surface area (Å²) in [6.07, 6.45) is 18.1. The van der Waals surface area contributed by atoms with E-state index in [4.69, 9.17) is 73.9 Å². The topological polar surface area (TPSA) is 186 Å². The molecule has 1 atom stereocenters. The van der Waals surface area contributed by atoms with Gasteiger partial charge in [-0.2, -0.15) is 0 Å². The number of rotatable bonds is 31. The van der Waals surface area contributed by atoms with Gasteiger partial charge in [0.1, 0.15) is 21.4 Å². The fraction of sp³-hybridized carbons (Fsp3) is 0.523. The number of hydrogen-bond donors (Lipinski definition) is 6. The molecule has 2 heterocycles. The van der Waals surface area contributed by atoms with Crippen LogP contribution >= 0.6 is 0 Å². The SMILES string of the molecule is CC(C)(CO)CO.CC1(C)OB(c2cccc(B3OC(C)(C)C(C)(C)O3)c2)OC1(C)C.OCCO.[B]c1ccc2c(c1)C(CCCCCCCC)(CCCCCCCC)c1cc([B]OCCO)ccc1-2.[B]c1ccc2c(c1)C(c1ccc(C)cc1)(c1ccc(OC)cc1)c1cccc([B]OCC(C)(C)CO)c1-2. The van der Waals surface area contributed by atoms with Crippen LogP contribution in [0.2, 0.25) is 0 Å². The third-order valence-electron chi connectivity index (χ3n) is 22.0. The third kappa shape index (κ3) is 22.1. The molecule has 6 radical (unpaired) electrons. The van der Waals surface area contributed by atoms with E-state index in [2.05, 4.69) is 185 Å². The zero-order chi connectivity index (χ0) is 78.4. The fourth-order valence-electron chi connectivity index (χ4n) is 14.1. The van der Waals surface area contributed by atoms with E-state index in [0.29, 0.717) is 13.2 Å². The molecule has 107 heavy (non-hydrogen) atoms. The molecule has 19 heteroatoms. The smallest absolute Gasteiger partial charge is 0.494 e. The number of benzene rings is 7. The Bertz CT molecular complexity index is 3770. The van der Waals surface area contributed by atoms with Gasteiger partial charge >= 0.3 is 29.2 Å². The molecule has 0 saturated carbocycles. The highest BCUT2D eigenvalue weighted by Gasteiger charge is 2.54. The zero-order valence-corrected chi connectivity index (χ0v) is 67.4. The molecule has 13 nitrogen and oxygen atoms in total. The predicted octanol–water partition coefficient (Wildman–Crippen LogP) is 12.2. The number of fused-ring (bicyclic) bond motifs is 6. The van der Waals surface area contributed by atoms with Crippen LogP contribution in [-0.4, -0.2) is 158 Å². The molecule has 7 aromatic carbocycles. The first-order valence-corrected chi connectivity index (χ1v) is 39.0. The van der Waals surface area contributed by atoms with Gasteiger partial charge in [0.25, 0.3) is 0 Å². The molecule has 11 rings (SSSR count). The van der Waals surface area contributed by atoms with Crippen LogP contribution in [0.1, 0.15) is 226 Å². The first kappa shape index (κ1) is 88.5. The largest absolute Gasteiger partial charge is 0.497 e. The van der Waals surface area contributed by atoms with Crippen LogP contribution in [-0.2, 0) is 38.8 Å². The highest BCUT2D eigenvalue weighted by Crippen LogP contribution is 2.57. The van der Waals surface area contributed by atoms with Crippen LogP contribution < -0.4 is 37.5 Å². The summed E-state index contributed by atoms with van der Waals surface area (Å²) >= 11 is 0. The van der Waals surface area contributed by atoms with E-state index in [1.54, 1.807) is 28.4 Å². The molecule has 0 bridgehead atoms. The monoisotopic (exact) mass is 1450 g/mol. The summed E-state index contributed by atoms with van der Waals surface area (Å²) in [5.41, 5.74) is 16.8. The lowest BCUT2D eigenvalue weighted by atomic mass is 9.66. The predicted molar refractivity (Wildman–Crippen MR) is 445 cm³/mol. The highest BCUT2D eigenvalue weighted by molar-refractivity contribution is 6.66. The van der Waals surface area contributed by atoms with E-state index in [-0.39, 0.29) is 92.5 Å². The van der Waals surface area contributed by atoms with Gasteiger partial charge in [-0.05, 0) is 159 Å². The average Bonchev–Trinajstić information content (AvgIpc) is 1.55. The van der Waals surface area contributed by atoms with Gasteiger partial charge in [0, 0.05) is 22.9 Å². The van der Waals surface area contributed by atoms with Crippen LogP contribution in [0.4, 0.5) is 0 Å². The molecular weight excluding hydrogens is 1330 g/mol. The van der Waals surface area contributed by atoms with Crippen molar-refractivity contribution in [3.63, 3.8) is 0 Å². The highest BCUT2D eigenvalue weighted by atomic mass is 16.7. The summed E-state index contributed by atoms with van der Waals surface area (Å²) < 4.78 is 41.7. The van der Waals surface area contributed by atoms with Gasteiger partial charge in [-0.15, -0.1) is 0 Å². The van der Waals surface area contributed by atoms with Crippen LogP contribution in [0, 0.1) is 17.8 Å². The minimum Gasteiger partial charge on any atom is -0.497 e. The van der Waals surface area contributed by atoms with Crippen molar-refractivity contribution in [1.82, 2.24) is 0 Å².